The molecule has 0 bridgehead atoms. The van der Waals surface area contributed by atoms with Gasteiger partial charge in [0, 0.05) is 152 Å². The second-order valence-corrected chi connectivity index (χ2v) is 20.0. The number of nitrogen functional groups attached to an aromatic ring is 1. The molecule has 9 rings (SSSR count). The second kappa shape index (κ2) is 46.1. The fourth-order valence-electron chi connectivity index (χ4n) is 7.18. The molecule has 3 radical (unpaired) electrons. The normalized spacial score (nSPS) is 10.6. The molecule has 0 saturated carbocycles. The summed E-state index contributed by atoms with van der Waals surface area (Å²) in [5.41, 5.74) is 19.5. The number of nitro groups is 4. The van der Waals surface area contributed by atoms with Crippen molar-refractivity contribution >= 4 is 110 Å². The molecule has 0 saturated heterocycles. The molecule has 31 heteroatoms. The van der Waals surface area contributed by atoms with E-state index in [1.54, 1.807) is 67.0 Å². The molecule has 0 amide bonds. The van der Waals surface area contributed by atoms with E-state index in [4.69, 9.17) is 38.4 Å². The quantitative estimate of drug-likeness (QED) is 0.0206. The number of hydrogen-bond acceptors (Lipinski definition) is 17. The van der Waals surface area contributed by atoms with Crippen LogP contribution < -0.4 is 45.3 Å². The molecule has 1 aliphatic rings. The molecule has 0 spiro atoms. The van der Waals surface area contributed by atoms with Crippen molar-refractivity contribution in [2.75, 3.05) is 33.0 Å². The van der Waals surface area contributed by atoms with E-state index < -0.39 is 27.4 Å². The number of aliphatic hydroxyl groups is 1. The van der Waals surface area contributed by atoms with Gasteiger partial charge in [0.1, 0.15) is 7.05 Å². The maximum Gasteiger partial charge on any atom is 1.00 e. The molecule has 3 aromatic heterocycles. The van der Waals surface area contributed by atoms with Crippen molar-refractivity contribution in [2.24, 2.45) is 7.05 Å². The van der Waals surface area contributed by atoms with E-state index in [0.717, 1.165) is 81.3 Å². The number of aromatic nitrogens is 3. The summed E-state index contributed by atoms with van der Waals surface area (Å²) in [6.07, 6.45) is 13.7. The monoisotopic (exact) mass is 1460 g/mol. The topological polar surface area (TPSA) is 367 Å². The van der Waals surface area contributed by atoms with E-state index in [0.29, 0.717) is 5.46 Å². The number of anilines is 1. The van der Waals surface area contributed by atoms with Crippen LogP contribution in [0, 0.1) is 75.1 Å². The summed E-state index contributed by atoms with van der Waals surface area (Å²) >= 11 is 8.71. The third kappa shape index (κ3) is 34.2. The van der Waals surface area contributed by atoms with Crippen LogP contribution in [0.25, 0.3) is 27.8 Å². The Bertz CT molecular complexity index is 3620. The number of non-ortho nitro benzene ring substituents is 4. The van der Waals surface area contributed by atoms with Crippen molar-refractivity contribution in [3.63, 3.8) is 0 Å². The minimum atomic E-state index is -4.67. The first-order valence-electron chi connectivity index (χ1n) is 25.3. The van der Waals surface area contributed by atoms with Gasteiger partial charge in [-0.25, -0.2) is 4.57 Å². The average molecular weight is 1460 g/mol. The van der Waals surface area contributed by atoms with Crippen LogP contribution in [0.3, 0.4) is 0 Å². The van der Waals surface area contributed by atoms with Gasteiger partial charge in [-0.1, -0.05) is 71.4 Å². The van der Waals surface area contributed by atoms with E-state index >= 15 is 0 Å². The SMILES string of the molecule is BrBr.C.CO.Cc1ccc(N)cc1C1=CCN(C)CC1.Cc1ccc([N+](=O)[O-])cc1.Cc1ccc([N+](=O)[O-])cc1-c1cc[n+](C)cc1.Cc1ccc([N+](=O)[O-])cc1-c1ccncc1.Cc1ccc([N+](=O)[O-])cc1Br.O=S(=O)(O)O.OB(O)c1ccncc1.[B].[H-].[Na+]. The third-order valence-electron chi connectivity index (χ3n) is 11.8. The molecule has 8 aromatic rings. The Morgan fingerprint density at radius 3 is 1.34 bits per heavy atom. The van der Waals surface area contributed by atoms with Crippen molar-refractivity contribution in [3.8, 4) is 22.3 Å². The van der Waals surface area contributed by atoms with Crippen molar-refractivity contribution < 1.29 is 87.9 Å². The molecule has 4 heterocycles. The van der Waals surface area contributed by atoms with Gasteiger partial charge in [0.2, 0.25) is 0 Å². The molecule has 0 fully saturated rings. The number of rotatable bonds is 8. The van der Waals surface area contributed by atoms with E-state index in [-0.39, 0.29) is 79.4 Å². The van der Waals surface area contributed by atoms with Crippen LogP contribution in [0.5, 0.6) is 0 Å². The Kier molecular flexibility index (Phi) is 44.7. The van der Waals surface area contributed by atoms with Gasteiger partial charge in [0.05, 0.1) is 19.7 Å². The summed E-state index contributed by atoms with van der Waals surface area (Å²) in [6, 6.07) is 37.7. The minimum Gasteiger partial charge on any atom is -1.00 e. The zero-order valence-corrected chi connectivity index (χ0v) is 57.6. The van der Waals surface area contributed by atoms with Gasteiger partial charge in [-0.05, 0) is 146 Å². The van der Waals surface area contributed by atoms with Gasteiger partial charge in [-0.15, -0.1) is 0 Å². The van der Waals surface area contributed by atoms with Gasteiger partial charge in [0.25, 0.3) is 22.7 Å². The molecule has 475 valence electrons. The van der Waals surface area contributed by atoms with Crippen molar-refractivity contribution in [3.05, 3.63) is 255 Å². The van der Waals surface area contributed by atoms with Crippen LogP contribution in [0.2, 0.25) is 0 Å². The first kappa shape index (κ1) is 87.2. The zero-order chi connectivity index (χ0) is 66.0. The zero-order valence-electron chi connectivity index (χ0n) is 51.0. The molecular weight excluding hydrogens is 1390 g/mol. The molecule has 0 unspecified atom stereocenters. The number of nitrogens with two attached hydrogens (primary N) is 1. The van der Waals surface area contributed by atoms with Crippen LogP contribution in [0.1, 0.15) is 48.7 Å². The van der Waals surface area contributed by atoms with Crippen molar-refractivity contribution in [2.45, 2.75) is 48.5 Å². The molecule has 90 heavy (non-hydrogen) atoms. The number of benzene rings is 5. The minimum absolute atomic E-state index is 0. The Hall–Kier alpha value is -7.03. The van der Waals surface area contributed by atoms with Crippen LogP contribution in [0.4, 0.5) is 28.4 Å². The smallest absolute Gasteiger partial charge is 1.00 e. The molecule has 0 atom stereocenters. The average Bonchev–Trinajstić information content (AvgIpc) is 3.70. The van der Waals surface area contributed by atoms with Gasteiger partial charge >= 0.3 is 47.1 Å². The fraction of sp³-hybridized carbons (Fsp3) is 0.203. The molecule has 5 aromatic carbocycles. The first-order chi connectivity index (χ1) is 41.0. The number of nitrogens with zero attached hydrogens (tertiary/aromatic N) is 8. The van der Waals surface area contributed by atoms with Gasteiger partial charge in [0.15, 0.2) is 12.4 Å². The first-order valence-corrected chi connectivity index (χ1v) is 31.2. The molecular formula is C59H71B2Br3N9NaO15S+. The third-order valence-corrected chi connectivity index (χ3v) is 12.6. The van der Waals surface area contributed by atoms with Crippen molar-refractivity contribution in [1.29, 1.82) is 0 Å². The number of pyridine rings is 3. The van der Waals surface area contributed by atoms with Crippen LogP contribution in [-0.2, 0) is 17.4 Å². The summed E-state index contributed by atoms with van der Waals surface area (Å²) in [5.74, 6) is 0. The number of hydrogen-bond donors (Lipinski definition) is 6. The van der Waals surface area contributed by atoms with Gasteiger partial charge < -0.3 is 27.2 Å². The Balaban J connectivity index is -0.000000487. The summed E-state index contributed by atoms with van der Waals surface area (Å²) in [6.45, 7) is 12.0. The Morgan fingerprint density at radius 1 is 0.600 bits per heavy atom. The summed E-state index contributed by atoms with van der Waals surface area (Å²) in [4.78, 5) is 50.2. The number of likely N-dealkylation sites (N-methyl/N-ethyl adjacent to an activating group) is 1. The number of nitro benzene ring substituents is 4. The maximum atomic E-state index is 10.8. The van der Waals surface area contributed by atoms with Crippen LogP contribution in [-0.4, -0.2) is 110 Å². The van der Waals surface area contributed by atoms with Gasteiger partial charge in [-0.3, -0.25) is 59.5 Å². The van der Waals surface area contributed by atoms with Gasteiger partial charge in [-0.2, -0.15) is 8.42 Å². The number of aliphatic hydroxyl groups excluding tert-OH is 1. The van der Waals surface area contributed by atoms with E-state index in [1.807, 2.05) is 82.0 Å². The molecule has 7 N–H and O–H groups in total. The van der Waals surface area contributed by atoms with E-state index in [2.05, 4.69) is 91.2 Å². The van der Waals surface area contributed by atoms with E-state index in [1.165, 1.54) is 65.5 Å². The van der Waals surface area contributed by atoms with Crippen LogP contribution in [0.15, 0.2) is 181 Å². The fourth-order valence-corrected chi connectivity index (χ4v) is 7.55. The summed E-state index contributed by atoms with van der Waals surface area (Å²) in [5, 5.41) is 65.9. The standard InChI is InChI=1S/C13H13N2O2.C13H18N2.C12H10N2O2.C7H6BrNO2.C7H7NO2.C5H6BNO2.CH4O.CH4.B.Br2.Na.H2O4S.H/c1-10-3-4-12(15(16)17)9-13(10)11-5-7-14(2)8-6-11;1-10-3-4-12(14)9-13(10)11-5-7-15(2)8-6-11;1-9-2-3-11(14(15)16)8-12(9)10-4-6-13-7-5-10;1-5-2-3-6(9(10)11)4-7(5)8;1-6-2-4-7(5-3-6)8(9)10;8-6(9)5-1-3-7-4-2-5;1-2;;;1-2;;1-5(2,3)4;/h3-9H,1-2H3;3-5,9H,6-8,14H2,1-2H3;2-8H,1H3;2-4H,1H3;2-5H,1H3;1-4,8-9H;2H,1H3;1H4;;;;(H2,1,2,3,4);/q+1;;;;;;;;;;+1;;-1. The summed E-state index contributed by atoms with van der Waals surface area (Å²) < 4.78 is 34.3. The predicted octanol–water partition coefficient (Wildman–Crippen LogP) is 9.01. The second-order valence-electron chi connectivity index (χ2n) is 18.2. The van der Waals surface area contributed by atoms with Crippen LogP contribution >= 0.6 is 44.2 Å². The molecule has 1 aliphatic heterocycles. The maximum absolute atomic E-state index is 10.8. The number of halogens is 3. The summed E-state index contributed by atoms with van der Waals surface area (Å²) in [7, 11) is -0.961. The predicted molar refractivity (Wildman–Crippen MR) is 362 cm³/mol. The molecule has 0 aliphatic carbocycles. The van der Waals surface area contributed by atoms with E-state index in [9.17, 15) is 40.5 Å². The largest absolute Gasteiger partial charge is 1.00 e. The Labute approximate surface area is 573 Å². The molecule has 24 nitrogen and oxygen atoms in total. The Morgan fingerprint density at radius 2 is 0.967 bits per heavy atom. The number of aryl methyl sites for hydroxylation is 6. The van der Waals surface area contributed by atoms with Crippen molar-refractivity contribution in [1.82, 2.24) is 14.9 Å².